The second-order valence-electron chi connectivity index (χ2n) is 4.94. The van der Waals surface area contributed by atoms with E-state index >= 15 is 0 Å². The third kappa shape index (κ3) is 2.44. The van der Waals surface area contributed by atoms with E-state index in [1.807, 2.05) is 0 Å². The van der Waals surface area contributed by atoms with Crippen molar-refractivity contribution in [2.24, 2.45) is 5.41 Å². The van der Waals surface area contributed by atoms with Crippen LogP contribution < -0.4 is 0 Å². The molecule has 0 spiro atoms. The van der Waals surface area contributed by atoms with Gasteiger partial charge in [0.1, 0.15) is 0 Å². The molecule has 0 aliphatic carbocycles. The Morgan fingerprint density at radius 3 is 3.00 bits per heavy atom. The molecule has 1 unspecified atom stereocenters. The summed E-state index contributed by atoms with van der Waals surface area (Å²) in [6.07, 6.45) is 0.883. The number of ether oxygens (including phenoxy) is 1. The molecule has 0 aromatic carbocycles. The molecule has 1 aromatic heterocycles. The molecule has 0 saturated carbocycles. The van der Waals surface area contributed by atoms with Gasteiger partial charge in [0, 0.05) is 12.5 Å². The molecule has 0 radical (unpaired) electrons. The maximum Gasteiger partial charge on any atom is 0.310 e. The zero-order valence-corrected chi connectivity index (χ0v) is 9.96. The molecule has 1 N–H and O–H groups in total. The zero-order chi connectivity index (χ0) is 12.5. The predicted molar refractivity (Wildman–Crippen MR) is 57.4 cm³/mol. The van der Waals surface area contributed by atoms with E-state index in [9.17, 15) is 4.79 Å². The summed E-state index contributed by atoms with van der Waals surface area (Å²) in [6.45, 7) is 4.90. The van der Waals surface area contributed by atoms with Crippen molar-refractivity contribution in [1.29, 1.82) is 0 Å². The number of carbonyl (C=O) groups is 1. The second-order valence-corrected chi connectivity index (χ2v) is 4.94. The molecule has 1 aliphatic heterocycles. The highest BCUT2D eigenvalue weighted by Crippen LogP contribution is 2.25. The fourth-order valence-electron chi connectivity index (χ4n) is 1.80. The van der Waals surface area contributed by atoms with Gasteiger partial charge >= 0.3 is 5.97 Å². The molecule has 1 saturated heterocycles. The largest absolute Gasteiger partial charge is 0.481 e. The average molecular weight is 240 g/mol. The number of nitrogens with zero attached hydrogens (tertiary/aromatic N) is 4. The number of carboxylic acid groups (broad SMARTS) is 1. The highest BCUT2D eigenvalue weighted by atomic mass is 16.5. The van der Waals surface area contributed by atoms with Crippen LogP contribution in [0.4, 0.5) is 0 Å². The summed E-state index contributed by atoms with van der Waals surface area (Å²) in [7, 11) is 0. The Kier molecular flexibility index (Phi) is 3.10. The minimum Gasteiger partial charge on any atom is -0.481 e. The normalized spacial score (nSPS) is 20.7. The van der Waals surface area contributed by atoms with Crippen molar-refractivity contribution in [3.63, 3.8) is 0 Å². The van der Waals surface area contributed by atoms with E-state index in [4.69, 9.17) is 9.84 Å². The maximum atomic E-state index is 11.1. The monoisotopic (exact) mass is 240 g/mol. The lowest BCUT2D eigenvalue weighted by Gasteiger charge is -2.19. The molecule has 7 nitrogen and oxygen atoms in total. The van der Waals surface area contributed by atoms with E-state index in [-0.39, 0.29) is 12.5 Å². The van der Waals surface area contributed by atoms with Crippen LogP contribution >= 0.6 is 0 Å². The van der Waals surface area contributed by atoms with E-state index in [1.54, 1.807) is 18.5 Å². The minimum atomic E-state index is -0.885. The van der Waals surface area contributed by atoms with Gasteiger partial charge in [-0.2, -0.15) is 0 Å². The lowest BCUT2D eigenvalue weighted by Crippen LogP contribution is -2.31. The fourth-order valence-corrected chi connectivity index (χ4v) is 1.80. The van der Waals surface area contributed by atoms with Crippen LogP contribution in [0.2, 0.25) is 0 Å². The Hall–Kier alpha value is -1.50. The Morgan fingerprint density at radius 1 is 1.65 bits per heavy atom. The van der Waals surface area contributed by atoms with Crippen molar-refractivity contribution >= 4 is 5.97 Å². The molecule has 2 heterocycles. The molecule has 1 aliphatic rings. The third-order valence-corrected chi connectivity index (χ3v) is 2.98. The maximum absolute atomic E-state index is 11.1. The van der Waals surface area contributed by atoms with Gasteiger partial charge in [-0.15, -0.1) is 5.10 Å². The van der Waals surface area contributed by atoms with Crippen LogP contribution in [0.3, 0.4) is 0 Å². The van der Waals surface area contributed by atoms with E-state index < -0.39 is 11.4 Å². The molecule has 0 bridgehead atoms. The molecule has 1 fully saturated rings. The van der Waals surface area contributed by atoms with Gasteiger partial charge in [0.05, 0.1) is 18.6 Å². The first-order valence-electron chi connectivity index (χ1n) is 5.58. The van der Waals surface area contributed by atoms with Crippen LogP contribution in [-0.2, 0) is 16.1 Å². The highest BCUT2D eigenvalue weighted by Gasteiger charge is 2.31. The smallest absolute Gasteiger partial charge is 0.310 e. The molecular weight excluding hydrogens is 224 g/mol. The van der Waals surface area contributed by atoms with Crippen LogP contribution in [-0.4, -0.2) is 44.5 Å². The molecule has 1 atom stereocenters. The predicted octanol–water partition coefficient (Wildman–Crippen LogP) is 0.288. The van der Waals surface area contributed by atoms with Gasteiger partial charge in [0.25, 0.3) is 0 Å². The number of hydrogen-bond donors (Lipinski definition) is 1. The van der Waals surface area contributed by atoms with Crippen LogP contribution in [0.25, 0.3) is 0 Å². The highest BCUT2D eigenvalue weighted by molar-refractivity contribution is 5.73. The number of tetrazole rings is 1. The molecule has 2 rings (SSSR count). The first kappa shape index (κ1) is 12.0. The Labute approximate surface area is 98.8 Å². The molecule has 7 heteroatoms. The molecule has 0 amide bonds. The Bertz CT molecular complexity index is 409. The van der Waals surface area contributed by atoms with Gasteiger partial charge in [-0.05, 0) is 30.7 Å². The van der Waals surface area contributed by atoms with Crippen LogP contribution in [0, 0.1) is 5.41 Å². The minimum absolute atomic E-state index is 0.176. The summed E-state index contributed by atoms with van der Waals surface area (Å²) in [5.41, 5.74) is -0.885. The van der Waals surface area contributed by atoms with Gasteiger partial charge in [-0.3, -0.25) is 4.79 Å². The van der Waals surface area contributed by atoms with Crippen molar-refractivity contribution < 1.29 is 14.6 Å². The van der Waals surface area contributed by atoms with Crippen molar-refractivity contribution in [2.75, 3.05) is 13.2 Å². The van der Waals surface area contributed by atoms with Crippen molar-refractivity contribution in [2.45, 2.75) is 32.7 Å². The van der Waals surface area contributed by atoms with Crippen LogP contribution in [0.5, 0.6) is 0 Å². The van der Waals surface area contributed by atoms with Gasteiger partial charge in [-0.25, -0.2) is 4.68 Å². The molecule has 94 valence electrons. The van der Waals surface area contributed by atoms with E-state index in [2.05, 4.69) is 15.5 Å². The first-order valence-corrected chi connectivity index (χ1v) is 5.58. The molecular formula is C10H16N4O3. The van der Waals surface area contributed by atoms with E-state index in [0.717, 1.165) is 12.2 Å². The number of carboxylic acids is 1. The number of hydrogen-bond acceptors (Lipinski definition) is 5. The molecule has 17 heavy (non-hydrogen) atoms. The summed E-state index contributed by atoms with van der Waals surface area (Å²) in [6, 6.07) is 0. The van der Waals surface area contributed by atoms with Gasteiger partial charge in [0.15, 0.2) is 5.82 Å². The van der Waals surface area contributed by atoms with E-state index in [1.165, 1.54) is 0 Å². The van der Waals surface area contributed by atoms with Gasteiger partial charge < -0.3 is 9.84 Å². The summed E-state index contributed by atoms with van der Waals surface area (Å²) in [4.78, 5) is 11.1. The topological polar surface area (TPSA) is 90.1 Å². The summed E-state index contributed by atoms with van der Waals surface area (Å²) in [5.74, 6) is 0.0352. The van der Waals surface area contributed by atoms with Crippen LogP contribution in [0.15, 0.2) is 0 Å². The van der Waals surface area contributed by atoms with Crippen molar-refractivity contribution in [1.82, 2.24) is 20.2 Å². The lowest BCUT2D eigenvalue weighted by molar-refractivity contribution is -0.147. The van der Waals surface area contributed by atoms with Crippen molar-refractivity contribution in [3.05, 3.63) is 5.82 Å². The Morgan fingerprint density at radius 2 is 2.41 bits per heavy atom. The van der Waals surface area contributed by atoms with Gasteiger partial charge in [0.2, 0.25) is 0 Å². The number of rotatable bonds is 4. The fraction of sp³-hybridized carbons (Fsp3) is 0.800. The number of aromatic nitrogens is 4. The standard InChI is InChI=1S/C10H16N4O3/c1-10(2,9(15)16)6-14-8(11-12-13-14)7-3-4-17-5-7/h7H,3-6H2,1-2H3,(H,15,16). The lowest BCUT2D eigenvalue weighted by atomic mass is 9.94. The van der Waals surface area contributed by atoms with Crippen molar-refractivity contribution in [3.8, 4) is 0 Å². The zero-order valence-electron chi connectivity index (χ0n) is 9.96. The first-order chi connectivity index (χ1) is 8.00. The summed E-state index contributed by atoms with van der Waals surface area (Å²) >= 11 is 0. The average Bonchev–Trinajstić information content (AvgIpc) is 2.85. The van der Waals surface area contributed by atoms with E-state index in [0.29, 0.717) is 13.2 Å². The SMILES string of the molecule is CC(C)(Cn1nnnc1C1CCOC1)C(=O)O. The van der Waals surface area contributed by atoms with Crippen LogP contribution in [0.1, 0.15) is 32.0 Å². The second kappa shape index (κ2) is 4.40. The third-order valence-electron chi connectivity index (χ3n) is 2.98. The summed E-state index contributed by atoms with van der Waals surface area (Å²) in [5, 5.41) is 20.6. The Balaban J connectivity index is 2.16. The van der Waals surface area contributed by atoms with Gasteiger partial charge in [-0.1, -0.05) is 0 Å². The number of aliphatic carboxylic acids is 1. The molecule has 1 aromatic rings. The summed E-state index contributed by atoms with van der Waals surface area (Å²) < 4.78 is 6.87. The quantitative estimate of drug-likeness (QED) is 0.813.